The average molecular weight is 920 g/mol. The Morgan fingerprint density at radius 2 is 1.51 bits per heavy atom. The fourth-order valence-electron chi connectivity index (χ4n) is 10.9. The zero-order chi connectivity index (χ0) is 47.1. The molecule has 0 bridgehead atoms. The topological polar surface area (TPSA) is 162 Å². The molecular weight excluding hydrogens is 866 g/mol. The number of aromatic nitrogens is 1. The van der Waals surface area contributed by atoms with Gasteiger partial charge in [-0.2, -0.15) is 0 Å². The van der Waals surface area contributed by atoms with E-state index in [0.717, 1.165) is 52.7 Å². The minimum atomic E-state index is -1.03. The van der Waals surface area contributed by atoms with Gasteiger partial charge < -0.3 is 24.8 Å². The Balaban J connectivity index is 0.677. The third-order valence-electron chi connectivity index (χ3n) is 14.7. The first-order chi connectivity index (χ1) is 33.0. The summed E-state index contributed by atoms with van der Waals surface area (Å²) in [6.45, 7) is 5.49. The van der Waals surface area contributed by atoms with Gasteiger partial charge in [0.25, 0.3) is 17.7 Å². The van der Waals surface area contributed by atoms with Crippen LogP contribution >= 0.6 is 0 Å². The fourth-order valence-corrected chi connectivity index (χ4v) is 10.9. The number of hydrogen-bond donors (Lipinski definition) is 2. The number of carbonyl (C=O) groups excluding carboxylic acids is 6. The summed E-state index contributed by atoms with van der Waals surface area (Å²) in [5, 5.41) is 6.22. The second-order valence-electron chi connectivity index (χ2n) is 18.8. The van der Waals surface area contributed by atoms with Gasteiger partial charge in [-0.25, -0.2) is 4.39 Å². The number of fused-ring (bicyclic) bond motifs is 2. The number of nitrogens with one attached hydrogen (secondary N) is 2. The molecule has 0 spiro atoms. The molecule has 4 aromatic carbocycles. The van der Waals surface area contributed by atoms with Crippen molar-refractivity contribution < 1.29 is 37.9 Å². The van der Waals surface area contributed by atoms with E-state index in [4.69, 9.17) is 4.74 Å². The molecule has 350 valence electrons. The number of likely N-dealkylation sites (tertiary alicyclic amines) is 1. The van der Waals surface area contributed by atoms with Crippen LogP contribution in [-0.2, 0) is 14.4 Å². The van der Waals surface area contributed by atoms with Gasteiger partial charge in [0.05, 0.1) is 22.3 Å². The van der Waals surface area contributed by atoms with Crippen LogP contribution in [-0.4, -0.2) is 102 Å². The minimum absolute atomic E-state index is 0.00395. The van der Waals surface area contributed by atoms with Crippen LogP contribution in [0.25, 0.3) is 10.9 Å². The van der Waals surface area contributed by atoms with Crippen LogP contribution in [0.3, 0.4) is 0 Å². The molecule has 1 saturated carbocycles. The maximum absolute atomic E-state index is 14.1. The van der Waals surface area contributed by atoms with E-state index in [-0.39, 0.29) is 59.5 Å². The smallest absolute Gasteiger partial charge is 0.264 e. The van der Waals surface area contributed by atoms with Gasteiger partial charge in [0, 0.05) is 93.0 Å². The SMILES string of the molecule is CC(C(=O)Nc1ccc(OC2CCN(C(=O)c3cccc(N4CCN(c5cccc6c5C(=O)N(C5CCC(=O)NC5=O)C6=O)CC4)c3)CC2)cc1)C1CCC(c2ccnc3ccc(F)cc23)CC1. The van der Waals surface area contributed by atoms with Crippen LogP contribution in [0.5, 0.6) is 5.75 Å². The maximum Gasteiger partial charge on any atom is 0.264 e. The van der Waals surface area contributed by atoms with E-state index < -0.39 is 29.7 Å². The van der Waals surface area contributed by atoms with Crippen molar-refractivity contribution in [3.8, 4) is 5.75 Å². The number of pyridine rings is 1. The molecule has 15 heteroatoms. The summed E-state index contributed by atoms with van der Waals surface area (Å²) in [7, 11) is 0. The average Bonchev–Trinajstić information content (AvgIpc) is 3.62. The van der Waals surface area contributed by atoms with Crippen molar-refractivity contribution in [3.63, 3.8) is 0 Å². The number of imide groups is 2. The molecule has 68 heavy (non-hydrogen) atoms. The number of benzene rings is 4. The van der Waals surface area contributed by atoms with Crippen molar-refractivity contribution in [2.45, 2.75) is 76.4 Å². The molecule has 5 heterocycles. The van der Waals surface area contributed by atoms with E-state index in [1.807, 2.05) is 72.5 Å². The molecule has 14 nitrogen and oxygen atoms in total. The molecule has 5 aliphatic rings. The summed E-state index contributed by atoms with van der Waals surface area (Å²) in [4.78, 5) is 90.2. The Hall–Kier alpha value is -7.16. The summed E-state index contributed by atoms with van der Waals surface area (Å²) in [6.07, 6.45) is 7.00. The normalized spacial score (nSPS) is 21.7. The number of ether oxygens (including phenoxy) is 1. The number of halogens is 1. The number of piperazine rings is 1. The van der Waals surface area contributed by atoms with Gasteiger partial charge in [0.2, 0.25) is 17.7 Å². The second kappa shape index (κ2) is 18.8. The van der Waals surface area contributed by atoms with Crippen LogP contribution in [0.2, 0.25) is 0 Å². The standard InChI is InChI=1S/C53H54FN7O7/c1-32(33-8-10-34(11-9-33)41-20-23-55-44-17-12-36(54)31-43(41)44)49(63)56-37-13-15-39(16-14-37)68-40-21-24-60(25-22-40)51(65)35-4-2-5-38(30-35)58-26-28-59(29-27-58)45-7-3-6-42-48(45)53(67)61(52(42)66)46-18-19-47(62)57-50(46)64/h2-7,12-17,20,23,30-34,40,46H,8-11,18-19,21-22,24-29H2,1H3,(H,56,63)(H,57,62,64). The molecule has 2 unspecified atom stereocenters. The molecule has 5 aromatic rings. The van der Waals surface area contributed by atoms with Crippen molar-refractivity contribution >= 4 is 63.4 Å². The van der Waals surface area contributed by atoms with E-state index in [1.165, 1.54) is 6.07 Å². The molecule has 3 saturated heterocycles. The number of anilines is 3. The summed E-state index contributed by atoms with van der Waals surface area (Å²) in [6, 6.07) is 26.1. The van der Waals surface area contributed by atoms with Crippen molar-refractivity contribution in [3.05, 3.63) is 125 Å². The molecule has 1 aliphatic carbocycles. The first-order valence-corrected chi connectivity index (χ1v) is 23.8. The Morgan fingerprint density at radius 1 is 0.779 bits per heavy atom. The zero-order valence-corrected chi connectivity index (χ0v) is 38.0. The zero-order valence-electron chi connectivity index (χ0n) is 38.0. The Kier molecular flexibility index (Phi) is 12.4. The molecule has 2 atom stereocenters. The van der Waals surface area contributed by atoms with Crippen LogP contribution in [0, 0.1) is 17.7 Å². The van der Waals surface area contributed by atoms with E-state index in [2.05, 4.69) is 25.4 Å². The van der Waals surface area contributed by atoms with E-state index >= 15 is 0 Å². The maximum atomic E-state index is 14.1. The van der Waals surface area contributed by atoms with Crippen molar-refractivity contribution in [1.82, 2.24) is 20.1 Å². The highest BCUT2D eigenvalue weighted by atomic mass is 19.1. The number of rotatable bonds is 10. The van der Waals surface area contributed by atoms with E-state index in [9.17, 15) is 33.2 Å². The molecule has 0 radical (unpaired) electrons. The molecule has 4 fully saturated rings. The highest BCUT2D eigenvalue weighted by molar-refractivity contribution is 6.25. The molecule has 2 N–H and O–H groups in total. The van der Waals surface area contributed by atoms with E-state index in [1.54, 1.807) is 30.5 Å². The van der Waals surface area contributed by atoms with Gasteiger partial charge in [-0.1, -0.05) is 19.1 Å². The van der Waals surface area contributed by atoms with Gasteiger partial charge in [0.15, 0.2) is 0 Å². The van der Waals surface area contributed by atoms with Gasteiger partial charge in [-0.15, -0.1) is 0 Å². The van der Waals surface area contributed by atoms with Crippen LogP contribution in [0.1, 0.15) is 101 Å². The second-order valence-corrected chi connectivity index (χ2v) is 18.8. The third kappa shape index (κ3) is 8.89. The molecular formula is C53H54FN7O7. The molecule has 4 aliphatic heterocycles. The fraction of sp³-hybridized carbons (Fsp3) is 0.377. The lowest BCUT2D eigenvalue weighted by molar-refractivity contribution is -0.136. The number of amides is 6. The summed E-state index contributed by atoms with van der Waals surface area (Å²) in [5.41, 5.74) is 5.37. The van der Waals surface area contributed by atoms with Crippen LogP contribution < -0.4 is 25.2 Å². The van der Waals surface area contributed by atoms with Crippen LogP contribution in [0.4, 0.5) is 21.5 Å². The number of hydrogen-bond acceptors (Lipinski definition) is 10. The van der Waals surface area contributed by atoms with E-state index in [0.29, 0.717) is 80.7 Å². The molecule has 6 amide bonds. The Labute approximate surface area is 393 Å². The first kappa shape index (κ1) is 44.7. The summed E-state index contributed by atoms with van der Waals surface area (Å²) >= 11 is 0. The molecule has 10 rings (SSSR count). The lowest BCUT2D eigenvalue weighted by Crippen LogP contribution is -2.54. The monoisotopic (exact) mass is 919 g/mol. The number of carbonyl (C=O) groups is 6. The summed E-state index contributed by atoms with van der Waals surface area (Å²) < 4.78 is 20.4. The van der Waals surface area contributed by atoms with Crippen LogP contribution in [0.15, 0.2) is 97.2 Å². The van der Waals surface area contributed by atoms with Gasteiger partial charge in [-0.05, 0) is 128 Å². The van der Waals surface area contributed by atoms with Gasteiger partial charge >= 0.3 is 0 Å². The predicted octanol–water partition coefficient (Wildman–Crippen LogP) is 7.33. The van der Waals surface area contributed by atoms with Gasteiger partial charge in [0.1, 0.15) is 23.7 Å². The first-order valence-electron chi connectivity index (χ1n) is 23.8. The quantitative estimate of drug-likeness (QED) is 0.136. The largest absolute Gasteiger partial charge is 0.490 e. The number of piperidine rings is 2. The van der Waals surface area contributed by atoms with Crippen molar-refractivity contribution in [2.24, 2.45) is 11.8 Å². The third-order valence-corrected chi connectivity index (χ3v) is 14.7. The Morgan fingerprint density at radius 3 is 2.26 bits per heavy atom. The number of nitrogens with zero attached hydrogens (tertiary/aromatic N) is 5. The van der Waals surface area contributed by atoms with Crippen molar-refractivity contribution in [1.29, 1.82) is 0 Å². The highest BCUT2D eigenvalue weighted by Gasteiger charge is 2.46. The van der Waals surface area contributed by atoms with Gasteiger partial charge in [-0.3, -0.25) is 44.0 Å². The summed E-state index contributed by atoms with van der Waals surface area (Å²) in [5.74, 6) is -1.26. The predicted molar refractivity (Wildman–Crippen MR) is 254 cm³/mol. The Bertz CT molecular complexity index is 2800. The minimum Gasteiger partial charge on any atom is -0.490 e. The lowest BCUT2D eigenvalue weighted by atomic mass is 9.73. The molecule has 1 aromatic heterocycles. The van der Waals surface area contributed by atoms with Crippen molar-refractivity contribution in [2.75, 3.05) is 54.4 Å². The lowest BCUT2D eigenvalue weighted by Gasteiger charge is -2.38. The highest BCUT2D eigenvalue weighted by Crippen LogP contribution is 2.41.